The Kier molecular flexibility index (Phi) is 6.09. The van der Waals surface area contributed by atoms with Crippen molar-refractivity contribution in [2.45, 2.75) is 45.7 Å². The SMILES string of the molecule is CCC(=O)NC(Cc1nccn1Cc1ccccc1)C(=O)CC. The minimum atomic E-state index is -0.510. The van der Waals surface area contributed by atoms with E-state index < -0.39 is 6.04 Å². The van der Waals surface area contributed by atoms with Gasteiger partial charge >= 0.3 is 0 Å². The molecular weight excluding hydrogens is 290 g/mol. The van der Waals surface area contributed by atoms with Gasteiger partial charge in [0.05, 0.1) is 6.04 Å². The second-order valence-corrected chi connectivity index (χ2v) is 5.45. The van der Waals surface area contributed by atoms with Gasteiger partial charge in [0.15, 0.2) is 5.78 Å². The van der Waals surface area contributed by atoms with Gasteiger partial charge in [-0.25, -0.2) is 4.98 Å². The topological polar surface area (TPSA) is 64.0 Å². The van der Waals surface area contributed by atoms with Gasteiger partial charge in [0.1, 0.15) is 5.82 Å². The number of imidazole rings is 1. The molecule has 5 heteroatoms. The van der Waals surface area contributed by atoms with Gasteiger partial charge in [-0.3, -0.25) is 9.59 Å². The third kappa shape index (κ3) is 4.77. The number of Topliss-reactive ketones (excluding diaryl/α,β-unsaturated/α-hetero) is 1. The van der Waals surface area contributed by atoms with Crippen molar-refractivity contribution in [3.05, 3.63) is 54.1 Å². The molecule has 0 aliphatic heterocycles. The number of nitrogens with zero attached hydrogens (tertiary/aromatic N) is 2. The van der Waals surface area contributed by atoms with Crippen molar-refractivity contribution in [3.63, 3.8) is 0 Å². The normalized spacial score (nSPS) is 11.9. The van der Waals surface area contributed by atoms with Crippen molar-refractivity contribution in [2.75, 3.05) is 0 Å². The number of nitrogens with one attached hydrogen (secondary N) is 1. The first-order valence-electron chi connectivity index (χ1n) is 8.00. The summed E-state index contributed by atoms with van der Waals surface area (Å²) in [5, 5.41) is 2.80. The molecule has 1 aromatic carbocycles. The molecule has 2 rings (SSSR count). The molecule has 0 saturated heterocycles. The predicted molar refractivity (Wildman–Crippen MR) is 89.0 cm³/mol. The van der Waals surface area contributed by atoms with Crippen LogP contribution in [0.15, 0.2) is 42.7 Å². The number of rotatable bonds is 8. The van der Waals surface area contributed by atoms with Crippen molar-refractivity contribution in [1.82, 2.24) is 14.9 Å². The molecule has 122 valence electrons. The molecule has 1 amide bonds. The fourth-order valence-electron chi connectivity index (χ4n) is 2.42. The Hall–Kier alpha value is -2.43. The molecule has 1 aromatic heterocycles. The van der Waals surface area contributed by atoms with Gasteiger partial charge in [0, 0.05) is 38.2 Å². The summed E-state index contributed by atoms with van der Waals surface area (Å²) in [6.45, 7) is 4.29. The maximum absolute atomic E-state index is 12.1. The Bertz CT molecular complexity index is 649. The molecule has 0 spiro atoms. The minimum Gasteiger partial charge on any atom is -0.346 e. The summed E-state index contributed by atoms with van der Waals surface area (Å²) in [5.41, 5.74) is 1.17. The lowest BCUT2D eigenvalue weighted by molar-refractivity contribution is -0.127. The number of carbonyl (C=O) groups excluding carboxylic acids is 2. The summed E-state index contributed by atoms with van der Waals surface area (Å²) in [6, 6.07) is 9.57. The van der Waals surface area contributed by atoms with Crippen molar-refractivity contribution in [3.8, 4) is 0 Å². The minimum absolute atomic E-state index is 0.0288. The average molecular weight is 313 g/mol. The summed E-state index contributed by atoms with van der Waals surface area (Å²) in [4.78, 5) is 28.1. The Labute approximate surface area is 136 Å². The molecule has 0 bridgehead atoms. The highest BCUT2D eigenvalue weighted by Gasteiger charge is 2.21. The van der Waals surface area contributed by atoms with E-state index in [4.69, 9.17) is 0 Å². The van der Waals surface area contributed by atoms with Crippen LogP contribution in [-0.2, 0) is 22.6 Å². The van der Waals surface area contributed by atoms with Crippen molar-refractivity contribution >= 4 is 11.7 Å². The number of carbonyl (C=O) groups is 2. The molecule has 1 atom stereocenters. The van der Waals surface area contributed by atoms with Gasteiger partial charge in [0.25, 0.3) is 0 Å². The van der Waals surface area contributed by atoms with Crippen LogP contribution in [0.1, 0.15) is 38.1 Å². The zero-order chi connectivity index (χ0) is 16.7. The van der Waals surface area contributed by atoms with Gasteiger partial charge in [-0.05, 0) is 5.56 Å². The zero-order valence-corrected chi connectivity index (χ0v) is 13.7. The van der Waals surface area contributed by atoms with E-state index in [-0.39, 0.29) is 11.7 Å². The highest BCUT2D eigenvalue weighted by molar-refractivity contribution is 5.88. The third-order valence-electron chi connectivity index (χ3n) is 3.78. The Morgan fingerprint density at radius 1 is 1.17 bits per heavy atom. The van der Waals surface area contributed by atoms with Crippen molar-refractivity contribution in [1.29, 1.82) is 0 Å². The van der Waals surface area contributed by atoms with E-state index in [1.807, 2.05) is 35.9 Å². The van der Waals surface area contributed by atoms with Crippen LogP contribution in [0.4, 0.5) is 0 Å². The van der Waals surface area contributed by atoms with Crippen LogP contribution in [0.2, 0.25) is 0 Å². The van der Waals surface area contributed by atoms with Crippen LogP contribution in [-0.4, -0.2) is 27.3 Å². The molecule has 1 unspecified atom stereocenters. The molecule has 2 aromatic rings. The fraction of sp³-hybridized carbons (Fsp3) is 0.389. The van der Waals surface area contributed by atoms with E-state index in [0.29, 0.717) is 25.8 Å². The lowest BCUT2D eigenvalue weighted by Crippen LogP contribution is -2.42. The van der Waals surface area contributed by atoms with E-state index in [2.05, 4.69) is 22.4 Å². The molecule has 0 radical (unpaired) electrons. The van der Waals surface area contributed by atoms with Gasteiger partial charge < -0.3 is 9.88 Å². The highest BCUT2D eigenvalue weighted by Crippen LogP contribution is 2.09. The maximum Gasteiger partial charge on any atom is 0.220 e. The maximum atomic E-state index is 12.1. The average Bonchev–Trinajstić information content (AvgIpc) is 3.01. The summed E-state index contributed by atoms with van der Waals surface area (Å²) in [5.74, 6) is 0.719. The second-order valence-electron chi connectivity index (χ2n) is 5.45. The summed E-state index contributed by atoms with van der Waals surface area (Å²) in [7, 11) is 0. The molecule has 23 heavy (non-hydrogen) atoms. The fourth-order valence-corrected chi connectivity index (χ4v) is 2.42. The standard InChI is InChI=1S/C18H23N3O2/c1-3-16(22)15(20-18(23)4-2)12-17-19-10-11-21(17)13-14-8-6-5-7-9-14/h5-11,15H,3-4,12-13H2,1-2H3,(H,20,23). The summed E-state index contributed by atoms with van der Waals surface area (Å²) >= 11 is 0. The van der Waals surface area contributed by atoms with E-state index in [1.165, 1.54) is 5.56 Å². The van der Waals surface area contributed by atoms with Crippen LogP contribution < -0.4 is 5.32 Å². The molecule has 0 saturated carbocycles. The molecule has 1 N–H and O–H groups in total. The lowest BCUT2D eigenvalue weighted by atomic mass is 10.1. The van der Waals surface area contributed by atoms with Gasteiger partial charge in [-0.2, -0.15) is 0 Å². The van der Waals surface area contributed by atoms with E-state index in [1.54, 1.807) is 13.1 Å². The largest absolute Gasteiger partial charge is 0.346 e. The molecule has 0 aliphatic carbocycles. The number of ketones is 1. The van der Waals surface area contributed by atoms with Crippen LogP contribution in [0.25, 0.3) is 0 Å². The Morgan fingerprint density at radius 2 is 1.91 bits per heavy atom. The molecule has 0 aliphatic rings. The van der Waals surface area contributed by atoms with E-state index in [9.17, 15) is 9.59 Å². The van der Waals surface area contributed by atoms with Gasteiger partial charge in [-0.1, -0.05) is 44.2 Å². The van der Waals surface area contributed by atoms with Gasteiger partial charge in [-0.15, -0.1) is 0 Å². The van der Waals surface area contributed by atoms with Crippen molar-refractivity contribution < 1.29 is 9.59 Å². The van der Waals surface area contributed by atoms with Crippen LogP contribution in [0.3, 0.4) is 0 Å². The number of aromatic nitrogens is 2. The van der Waals surface area contributed by atoms with Crippen molar-refractivity contribution in [2.24, 2.45) is 0 Å². The third-order valence-corrected chi connectivity index (χ3v) is 3.78. The molecule has 1 heterocycles. The van der Waals surface area contributed by atoms with Crippen LogP contribution >= 0.6 is 0 Å². The zero-order valence-electron chi connectivity index (χ0n) is 13.7. The lowest BCUT2D eigenvalue weighted by Gasteiger charge is -2.17. The number of hydrogen-bond acceptors (Lipinski definition) is 3. The van der Waals surface area contributed by atoms with E-state index in [0.717, 1.165) is 5.82 Å². The monoisotopic (exact) mass is 313 g/mol. The first-order chi connectivity index (χ1) is 11.1. The molecule has 5 nitrogen and oxygen atoms in total. The van der Waals surface area contributed by atoms with Crippen LogP contribution in [0, 0.1) is 0 Å². The number of amides is 1. The smallest absolute Gasteiger partial charge is 0.220 e. The predicted octanol–water partition coefficient (Wildman–Crippen LogP) is 2.35. The Balaban J connectivity index is 2.12. The number of hydrogen-bond donors (Lipinski definition) is 1. The van der Waals surface area contributed by atoms with Crippen LogP contribution in [0.5, 0.6) is 0 Å². The molecular formula is C18H23N3O2. The van der Waals surface area contributed by atoms with Gasteiger partial charge in [0.2, 0.25) is 5.91 Å². The quantitative estimate of drug-likeness (QED) is 0.813. The van der Waals surface area contributed by atoms with E-state index >= 15 is 0 Å². The molecule has 0 fully saturated rings. The highest BCUT2D eigenvalue weighted by atomic mass is 16.2. The summed E-state index contributed by atoms with van der Waals surface area (Å²) in [6.07, 6.45) is 4.81. The number of benzene rings is 1. The summed E-state index contributed by atoms with van der Waals surface area (Å²) < 4.78 is 2.02. The first-order valence-corrected chi connectivity index (χ1v) is 8.00. The first kappa shape index (κ1) is 16.9. The second kappa shape index (κ2) is 8.27. The Morgan fingerprint density at radius 3 is 2.57 bits per heavy atom.